The van der Waals surface area contributed by atoms with Crippen LogP contribution in [0.4, 0.5) is 11.6 Å². The Labute approximate surface area is 110 Å². The summed E-state index contributed by atoms with van der Waals surface area (Å²) in [6.45, 7) is 1.85. The number of nitrogens with one attached hydrogen (secondary N) is 1. The van der Waals surface area contributed by atoms with E-state index in [1.165, 1.54) is 5.69 Å². The van der Waals surface area contributed by atoms with Gasteiger partial charge in [-0.3, -0.25) is 5.10 Å². The van der Waals surface area contributed by atoms with Crippen molar-refractivity contribution in [3.63, 3.8) is 0 Å². The van der Waals surface area contributed by atoms with Crippen molar-refractivity contribution in [2.24, 2.45) is 0 Å². The number of ether oxygens (including phenoxy) is 1. The first-order valence-electron chi connectivity index (χ1n) is 6.46. The van der Waals surface area contributed by atoms with Crippen LogP contribution in [-0.2, 0) is 4.74 Å². The second kappa shape index (κ2) is 3.96. The summed E-state index contributed by atoms with van der Waals surface area (Å²) in [5.74, 6) is 0.975. The van der Waals surface area contributed by atoms with Crippen LogP contribution in [0.2, 0.25) is 0 Å². The van der Waals surface area contributed by atoms with Crippen molar-refractivity contribution in [2.45, 2.75) is 18.6 Å². The van der Waals surface area contributed by atoms with Crippen LogP contribution in [0.5, 0.6) is 0 Å². The summed E-state index contributed by atoms with van der Waals surface area (Å²) in [7, 11) is 0. The molecule has 0 spiro atoms. The minimum absolute atomic E-state index is 0.271. The SMILES string of the molecule is Nc1n[nH]c(-c2ccc(N3CC4CC3CO4)cc2)n1. The fourth-order valence-electron chi connectivity index (χ4n) is 2.93. The maximum atomic E-state index is 5.62. The van der Waals surface area contributed by atoms with Crippen molar-refractivity contribution >= 4 is 11.6 Å². The molecule has 3 N–H and O–H groups in total. The van der Waals surface area contributed by atoms with Gasteiger partial charge in [-0.25, -0.2) is 0 Å². The fourth-order valence-corrected chi connectivity index (χ4v) is 2.93. The van der Waals surface area contributed by atoms with E-state index < -0.39 is 0 Å². The van der Waals surface area contributed by atoms with Gasteiger partial charge in [0.15, 0.2) is 5.82 Å². The number of hydrogen-bond donors (Lipinski definition) is 2. The lowest BCUT2D eigenvalue weighted by atomic mass is 10.1. The topological polar surface area (TPSA) is 80.1 Å². The Morgan fingerprint density at radius 3 is 2.74 bits per heavy atom. The smallest absolute Gasteiger partial charge is 0.239 e. The summed E-state index contributed by atoms with van der Waals surface area (Å²) in [6.07, 6.45) is 1.57. The Hall–Kier alpha value is -2.08. The molecule has 0 aliphatic carbocycles. The predicted octanol–water partition coefficient (Wildman–Crippen LogP) is 1.03. The molecule has 4 rings (SSSR count). The van der Waals surface area contributed by atoms with Gasteiger partial charge in [0, 0.05) is 17.8 Å². The summed E-state index contributed by atoms with van der Waals surface area (Å²) < 4.78 is 5.62. The number of nitrogens with zero attached hydrogens (tertiary/aromatic N) is 3. The molecular formula is C13H15N5O. The molecule has 19 heavy (non-hydrogen) atoms. The molecule has 1 aromatic heterocycles. The molecule has 0 radical (unpaired) electrons. The van der Waals surface area contributed by atoms with Gasteiger partial charge in [0.2, 0.25) is 5.95 Å². The highest BCUT2D eigenvalue weighted by Crippen LogP contribution is 2.33. The van der Waals surface area contributed by atoms with E-state index in [4.69, 9.17) is 10.5 Å². The van der Waals surface area contributed by atoms with Crippen LogP contribution >= 0.6 is 0 Å². The molecular weight excluding hydrogens is 242 g/mol. The Bertz CT molecular complexity index is 593. The average Bonchev–Trinajstić information content (AvgIpc) is 3.14. The zero-order chi connectivity index (χ0) is 12.8. The highest BCUT2D eigenvalue weighted by Gasteiger charge is 2.38. The minimum atomic E-state index is 0.271. The second-order valence-electron chi connectivity index (χ2n) is 5.09. The number of hydrogen-bond acceptors (Lipinski definition) is 5. The minimum Gasteiger partial charge on any atom is -0.374 e. The van der Waals surface area contributed by atoms with E-state index in [9.17, 15) is 0 Å². The zero-order valence-electron chi connectivity index (χ0n) is 10.4. The van der Waals surface area contributed by atoms with Gasteiger partial charge in [-0.15, -0.1) is 5.10 Å². The molecule has 2 unspecified atom stereocenters. The number of benzene rings is 1. The van der Waals surface area contributed by atoms with Gasteiger partial charge in [0.1, 0.15) is 0 Å². The number of H-pyrrole nitrogens is 1. The quantitative estimate of drug-likeness (QED) is 0.840. The largest absolute Gasteiger partial charge is 0.374 e. The highest BCUT2D eigenvalue weighted by atomic mass is 16.5. The lowest BCUT2D eigenvalue weighted by Gasteiger charge is -2.29. The number of nitrogen functional groups attached to an aromatic ring is 1. The summed E-state index contributed by atoms with van der Waals surface area (Å²) in [5.41, 5.74) is 7.75. The third-order valence-electron chi connectivity index (χ3n) is 3.88. The molecule has 1 aromatic carbocycles. The molecule has 6 nitrogen and oxygen atoms in total. The third kappa shape index (κ3) is 1.76. The van der Waals surface area contributed by atoms with Crippen molar-refractivity contribution in [1.82, 2.24) is 15.2 Å². The van der Waals surface area contributed by atoms with E-state index in [1.807, 2.05) is 12.1 Å². The van der Waals surface area contributed by atoms with Crippen molar-refractivity contribution in [3.8, 4) is 11.4 Å². The number of rotatable bonds is 2. The summed E-state index contributed by atoms with van der Waals surface area (Å²) in [4.78, 5) is 6.55. The normalized spacial score (nSPS) is 25.2. The van der Waals surface area contributed by atoms with Crippen LogP contribution in [0.15, 0.2) is 24.3 Å². The lowest BCUT2D eigenvalue weighted by Crippen LogP contribution is -2.36. The third-order valence-corrected chi connectivity index (χ3v) is 3.88. The number of fused-ring (bicyclic) bond motifs is 2. The Kier molecular flexibility index (Phi) is 2.25. The average molecular weight is 257 g/mol. The maximum Gasteiger partial charge on any atom is 0.239 e. The highest BCUT2D eigenvalue weighted by molar-refractivity contribution is 5.61. The van der Waals surface area contributed by atoms with E-state index in [0.29, 0.717) is 18.0 Å². The molecule has 2 atom stereocenters. The van der Waals surface area contributed by atoms with E-state index in [1.54, 1.807) is 0 Å². The molecule has 3 heterocycles. The Morgan fingerprint density at radius 2 is 2.16 bits per heavy atom. The van der Waals surface area contributed by atoms with E-state index in [-0.39, 0.29) is 5.95 Å². The van der Waals surface area contributed by atoms with E-state index >= 15 is 0 Å². The number of anilines is 2. The Morgan fingerprint density at radius 1 is 1.32 bits per heavy atom. The van der Waals surface area contributed by atoms with Crippen molar-refractivity contribution in [3.05, 3.63) is 24.3 Å². The molecule has 2 fully saturated rings. The predicted molar refractivity (Wildman–Crippen MR) is 71.7 cm³/mol. The molecule has 2 bridgehead atoms. The molecule has 2 aromatic rings. The van der Waals surface area contributed by atoms with Crippen LogP contribution in [-0.4, -0.2) is 40.5 Å². The van der Waals surface area contributed by atoms with Gasteiger partial charge in [0.05, 0.1) is 18.8 Å². The lowest BCUT2D eigenvalue weighted by molar-refractivity contribution is 0.0991. The standard InChI is InChI=1S/C13H15N5O/c14-13-15-12(16-17-13)8-1-3-9(4-2-8)18-6-11-5-10(18)7-19-11/h1-4,10-11H,5-7H2,(H3,14,15,16,17). The van der Waals surface area contributed by atoms with Gasteiger partial charge in [-0.1, -0.05) is 0 Å². The van der Waals surface area contributed by atoms with Crippen molar-refractivity contribution < 1.29 is 4.74 Å². The van der Waals surface area contributed by atoms with Crippen LogP contribution in [0.1, 0.15) is 6.42 Å². The first kappa shape index (κ1) is 10.8. The Balaban J connectivity index is 1.59. The second-order valence-corrected chi connectivity index (χ2v) is 5.09. The molecule has 6 heteroatoms. The first-order valence-corrected chi connectivity index (χ1v) is 6.46. The zero-order valence-corrected chi connectivity index (χ0v) is 10.4. The van der Waals surface area contributed by atoms with Crippen molar-refractivity contribution in [2.75, 3.05) is 23.8 Å². The summed E-state index contributed by atoms with van der Waals surface area (Å²) in [5, 5.41) is 6.66. The van der Waals surface area contributed by atoms with Gasteiger partial charge in [0.25, 0.3) is 0 Å². The van der Waals surface area contributed by atoms with Gasteiger partial charge in [-0.05, 0) is 30.7 Å². The summed E-state index contributed by atoms with van der Waals surface area (Å²) >= 11 is 0. The molecule has 0 saturated carbocycles. The maximum absolute atomic E-state index is 5.62. The molecule has 2 aliphatic rings. The van der Waals surface area contributed by atoms with Crippen LogP contribution in [0.3, 0.4) is 0 Å². The number of aromatic nitrogens is 3. The molecule has 2 aliphatic heterocycles. The van der Waals surface area contributed by atoms with E-state index in [2.05, 4.69) is 32.2 Å². The first-order chi connectivity index (χ1) is 9.29. The van der Waals surface area contributed by atoms with Gasteiger partial charge >= 0.3 is 0 Å². The summed E-state index contributed by atoms with van der Waals surface area (Å²) in [6, 6.07) is 8.87. The molecule has 98 valence electrons. The van der Waals surface area contributed by atoms with Crippen molar-refractivity contribution in [1.29, 1.82) is 0 Å². The number of morpholine rings is 1. The molecule has 2 saturated heterocycles. The number of aromatic amines is 1. The van der Waals surface area contributed by atoms with E-state index in [0.717, 1.165) is 25.1 Å². The van der Waals surface area contributed by atoms with Crippen LogP contribution in [0, 0.1) is 0 Å². The molecule has 0 amide bonds. The fraction of sp³-hybridized carbons (Fsp3) is 0.385. The van der Waals surface area contributed by atoms with Crippen LogP contribution < -0.4 is 10.6 Å². The van der Waals surface area contributed by atoms with Gasteiger partial charge < -0.3 is 15.4 Å². The van der Waals surface area contributed by atoms with Gasteiger partial charge in [-0.2, -0.15) is 4.98 Å². The monoisotopic (exact) mass is 257 g/mol. The van der Waals surface area contributed by atoms with Crippen LogP contribution in [0.25, 0.3) is 11.4 Å². The number of nitrogens with two attached hydrogens (primary N) is 1.